The van der Waals surface area contributed by atoms with E-state index in [4.69, 9.17) is 0 Å². The predicted molar refractivity (Wildman–Crippen MR) is 54.7 cm³/mol. The Labute approximate surface area is 83.8 Å². The first kappa shape index (κ1) is 9.33. The maximum Gasteiger partial charge on any atom is 0.277 e. The molecular weight excluding hydrogens is 196 g/mol. The highest BCUT2D eigenvalue weighted by Crippen LogP contribution is 2.20. The van der Waals surface area contributed by atoms with Crippen LogP contribution in [0.5, 0.6) is 5.75 Å². The zero-order valence-corrected chi connectivity index (χ0v) is 7.56. The van der Waals surface area contributed by atoms with E-state index in [0.29, 0.717) is 5.56 Å². The van der Waals surface area contributed by atoms with Gasteiger partial charge in [0, 0.05) is 0 Å². The smallest absolute Gasteiger partial charge is 0.277 e. The first-order chi connectivity index (χ1) is 7.13. The molecule has 0 saturated heterocycles. The van der Waals surface area contributed by atoms with Gasteiger partial charge in [-0.15, -0.1) is 0 Å². The van der Waals surface area contributed by atoms with Crippen molar-refractivity contribution in [3.8, 4) is 16.9 Å². The summed E-state index contributed by atoms with van der Waals surface area (Å²) < 4.78 is 0. The fourth-order valence-electron chi connectivity index (χ4n) is 1.42. The summed E-state index contributed by atoms with van der Waals surface area (Å²) in [4.78, 5) is 33.4. The Hall–Kier alpha value is -2.23. The van der Waals surface area contributed by atoms with Gasteiger partial charge in [0.1, 0.15) is 0 Å². The first-order valence-corrected chi connectivity index (χ1v) is 4.25. The Morgan fingerprint density at radius 1 is 0.800 bits per heavy atom. The molecular formula is C11H6O4. The second kappa shape index (κ2) is 3.16. The van der Waals surface area contributed by atoms with Gasteiger partial charge in [0.25, 0.3) is 10.9 Å². The van der Waals surface area contributed by atoms with Crippen molar-refractivity contribution in [2.24, 2.45) is 0 Å². The van der Waals surface area contributed by atoms with E-state index in [-0.39, 0.29) is 5.56 Å². The molecule has 0 atom stereocenters. The van der Waals surface area contributed by atoms with Gasteiger partial charge in [-0.05, 0) is 5.56 Å². The second-order valence-electron chi connectivity index (χ2n) is 3.08. The molecule has 15 heavy (non-hydrogen) atoms. The summed E-state index contributed by atoms with van der Waals surface area (Å²) >= 11 is 0. The highest BCUT2D eigenvalue weighted by molar-refractivity contribution is 5.70. The topological polar surface area (TPSA) is 71.4 Å². The standard InChI is InChI=1S/C11H6O4/c12-8-7(6-4-2-1-3-5-6)9(13)11(15)10(8)14/h1-5,12H. The third kappa shape index (κ3) is 1.27. The van der Waals surface area contributed by atoms with Gasteiger partial charge in [0.2, 0.25) is 5.43 Å². The Bertz CT molecular complexity index is 634. The second-order valence-corrected chi connectivity index (χ2v) is 3.08. The van der Waals surface area contributed by atoms with Gasteiger partial charge in [-0.2, -0.15) is 0 Å². The van der Waals surface area contributed by atoms with Crippen molar-refractivity contribution < 1.29 is 5.11 Å². The van der Waals surface area contributed by atoms with Crippen LogP contribution in [0.15, 0.2) is 44.7 Å². The van der Waals surface area contributed by atoms with E-state index in [1.54, 1.807) is 30.3 Å². The van der Waals surface area contributed by atoms with Gasteiger partial charge >= 0.3 is 0 Å². The van der Waals surface area contributed by atoms with Crippen LogP contribution in [0.3, 0.4) is 0 Å². The predicted octanol–water partition coefficient (Wildman–Crippen LogP) is 0.0154. The monoisotopic (exact) mass is 202 g/mol. The molecule has 0 unspecified atom stereocenters. The van der Waals surface area contributed by atoms with Gasteiger partial charge < -0.3 is 5.11 Å². The summed E-state index contributed by atoms with van der Waals surface area (Å²) in [5.41, 5.74) is -3.07. The molecule has 1 N–H and O–H groups in total. The van der Waals surface area contributed by atoms with E-state index < -0.39 is 22.0 Å². The van der Waals surface area contributed by atoms with Crippen LogP contribution >= 0.6 is 0 Å². The minimum atomic E-state index is -1.17. The third-order valence-corrected chi connectivity index (χ3v) is 2.15. The van der Waals surface area contributed by atoms with E-state index in [2.05, 4.69) is 0 Å². The Balaban J connectivity index is 2.87. The summed E-state index contributed by atoms with van der Waals surface area (Å²) in [7, 11) is 0. The highest BCUT2D eigenvalue weighted by Gasteiger charge is 2.19. The van der Waals surface area contributed by atoms with Crippen molar-refractivity contribution in [2.75, 3.05) is 0 Å². The molecule has 0 aliphatic carbocycles. The van der Waals surface area contributed by atoms with Crippen LogP contribution in [-0.4, -0.2) is 5.11 Å². The molecule has 0 bridgehead atoms. The molecule has 0 aliphatic heterocycles. The van der Waals surface area contributed by atoms with Gasteiger partial charge in [-0.3, -0.25) is 14.4 Å². The normalized spacial score (nSPS) is 10.4. The lowest BCUT2D eigenvalue weighted by atomic mass is 10.1. The Morgan fingerprint density at radius 2 is 1.40 bits per heavy atom. The number of hydrogen-bond acceptors (Lipinski definition) is 4. The lowest BCUT2D eigenvalue weighted by Gasteiger charge is -1.95. The average Bonchev–Trinajstić information content (AvgIpc) is 2.45. The Kier molecular flexibility index (Phi) is 1.97. The lowest BCUT2D eigenvalue weighted by Crippen LogP contribution is -2.29. The van der Waals surface area contributed by atoms with Gasteiger partial charge in [0.05, 0.1) is 5.56 Å². The van der Waals surface area contributed by atoms with Crippen LogP contribution in [0.1, 0.15) is 0 Å². The summed E-state index contributed by atoms with van der Waals surface area (Å²) in [6.45, 7) is 0. The quantitative estimate of drug-likeness (QED) is 0.661. The van der Waals surface area contributed by atoms with Crippen LogP contribution in [0.2, 0.25) is 0 Å². The molecule has 2 rings (SSSR count). The Morgan fingerprint density at radius 3 is 1.87 bits per heavy atom. The van der Waals surface area contributed by atoms with Crippen molar-refractivity contribution in [1.82, 2.24) is 0 Å². The summed E-state index contributed by atoms with van der Waals surface area (Å²) in [5, 5.41) is 9.34. The maximum atomic E-state index is 11.3. The third-order valence-electron chi connectivity index (χ3n) is 2.15. The van der Waals surface area contributed by atoms with Gasteiger partial charge in [-0.1, -0.05) is 30.3 Å². The number of aromatic hydroxyl groups is 1. The van der Waals surface area contributed by atoms with Gasteiger partial charge in [-0.25, -0.2) is 0 Å². The van der Waals surface area contributed by atoms with E-state index >= 15 is 0 Å². The minimum Gasteiger partial charge on any atom is -0.503 e. The molecule has 0 saturated carbocycles. The molecule has 74 valence electrons. The average molecular weight is 202 g/mol. The van der Waals surface area contributed by atoms with Crippen molar-refractivity contribution in [3.05, 3.63) is 61.0 Å². The maximum absolute atomic E-state index is 11.3. The fraction of sp³-hybridized carbons (Fsp3) is 0. The SMILES string of the molecule is O=c1c(O)c(-c2ccccc2)c(=O)c1=O. The molecule has 0 spiro atoms. The van der Waals surface area contributed by atoms with Crippen molar-refractivity contribution >= 4 is 0 Å². The lowest BCUT2D eigenvalue weighted by molar-refractivity contribution is 0.474. The summed E-state index contributed by atoms with van der Waals surface area (Å²) in [5.74, 6) is -0.754. The van der Waals surface area contributed by atoms with Crippen LogP contribution < -0.4 is 16.3 Å². The van der Waals surface area contributed by atoms with Crippen molar-refractivity contribution in [1.29, 1.82) is 0 Å². The van der Waals surface area contributed by atoms with E-state index in [9.17, 15) is 19.5 Å². The van der Waals surface area contributed by atoms with Crippen LogP contribution in [-0.2, 0) is 0 Å². The molecule has 0 aromatic heterocycles. The van der Waals surface area contributed by atoms with Crippen LogP contribution in [0.4, 0.5) is 0 Å². The van der Waals surface area contributed by atoms with Crippen molar-refractivity contribution in [3.63, 3.8) is 0 Å². The largest absolute Gasteiger partial charge is 0.503 e. The minimum absolute atomic E-state index is 0.203. The molecule has 0 radical (unpaired) electrons. The molecule has 0 amide bonds. The number of hydrogen-bond donors (Lipinski definition) is 1. The molecule has 4 nitrogen and oxygen atoms in total. The van der Waals surface area contributed by atoms with Crippen molar-refractivity contribution in [2.45, 2.75) is 0 Å². The summed E-state index contributed by atoms with van der Waals surface area (Å²) in [6, 6.07) is 8.13. The van der Waals surface area contributed by atoms with Crippen LogP contribution in [0, 0.1) is 0 Å². The van der Waals surface area contributed by atoms with Crippen LogP contribution in [0.25, 0.3) is 11.1 Å². The summed E-state index contributed by atoms with van der Waals surface area (Å²) in [6.07, 6.45) is 0. The number of benzene rings is 1. The highest BCUT2D eigenvalue weighted by atomic mass is 16.3. The number of rotatable bonds is 1. The fourth-order valence-corrected chi connectivity index (χ4v) is 1.42. The van der Waals surface area contributed by atoms with E-state index in [1.165, 1.54) is 0 Å². The molecule has 2 aromatic rings. The first-order valence-electron chi connectivity index (χ1n) is 4.25. The zero-order chi connectivity index (χ0) is 11.0. The molecule has 2 aromatic carbocycles. The molecule has 0 heterocycles. The van der Waals surface area contributed by atoms with E-state index in [1.807, 2.05) is 0 Å². The molecule has 0 fully saturated rings. The molecule has 0 aliphatic rings. The van der Waals surface area contributed by atoms with Gasteiger partial charge in [0.15, 0.2) is 5.75 Å². The zero-order valence-electron chi connectivity index (χ0n) is 7.56. The molecule has 4 heteroatoms. The van der Waals surface area contributed by atoms with E-state index in [0.717, 1.165) is 0 Å².